The molecule has 0 aromatic heterocycles. The van der Waals surface area contributed by atoms with Gasteiger partial charge in [-0.05, 0) is 42.4 Å². The molecule has 1 aliphatic rings. The molecule has 0 saturated carbocycles. The predicted molar refractivity (Wildman–Crippen MR) is 69.9 cm³/mol. The average molecular weight is 236 g/mol. The van der Waals surface area contributed by atoms with Crippen molar-refractivity contribution in [2.45, 2.75) is 13.3 Å². The molecule has 1 fully saturated rings. The van der Waals surface area contributed by atoms with Crippen molar-refractivity contribution < 1.29 is 4.79 Å². The number of rotatable bonds is 2. The lowest BCUT2D eigenvalue weighted by atomic mass is 10.1. The molecule has 16 heavy (non-hydrogen) atoms. The van der Waals surface area contributed by atoms with Crippen molar-refractivity contribution in [1.29, 1.82) is 0 Å². The van der Waals surface area contributed by atoms with E-state index in [1.54, 1.807) is 0 Å². The fourth-order valence-corrected chi connectivity index (χ4v) is 2.36. The van der Waals surface area contributed by atoms with Gasteiger partial charge in [0.2, 0.25) is 5.91 Å². The minimum atomic E-state index is 0.187. The van der Waals surface area contributed by atoms with Crippen LogP contribution in [0.1, 0.15) is 12.0 Å². The Labute approximate surface area is 101 Å². The first-order chi connectivity index (χ1) is 7.61. The standard InChI is InChI=1S/C12H16N2OS/c1-8-4-10(13)2-3-11(8)14-6-9(7-16)5-12(14)15/h2-4,9,16H,5-7,13H2,1H3. The maximum atomic E-state index is 11.8. The zero-order valence-electron chi connectivity index (χ0n) is 9.31. The van der Waals surface area contributed by atoms with Crippen LogP contribution in [-0.4, -0.2) is 18.2 Å². The van der Waals surface area contributed by atoms with Gasteiger partial charge in [0.1, 0.15) is 0 Å². The Bertz CT molecular complexity index is 419. The van der Waals surface area contributed by atoms with Crippen LogP contribution in [0.25, 0.3) is 0 Å². The Hall–Kier alpha value is -1.16. The number of aryl methyl sites for hydroxylation is 1. The summed E-state index contributed by atoms with van der Waals surface area (Å²) in [7, 11) is 0. The summed E-state index contributed by atoms with van der Waals surface area (Å²) < 4.78 is 0. The third kappa shape index (κ3) is 2.02. The van der Waals surface area contributed by atoms with Crippen LogP contribution in [0.15, 0.2) is 18.2 Å². The lowest BCUT2D eigenvalue weighted by Gasteiger charge is -2.19. The number of carbonyl (C=O) groups excluding carboxylic acids is 1. The molecule has 2 rings (SSSR count). The van der Waals surface area contributed by atoms with Gasteiger partial charge in [0.05, 0.1) is 0 Å². The molecule has 1 atom stereocenters. The van der Waals surface area contributed by atoms with E-state index in [0.29, 0.717) is 12.3 Å². The van der Waals surface area contributed by atoms with Gasteiger partial charge in [-0.25, -0.2) is 0 Å². The molecule has 1 unspecified atom stereocenters. The van der Waals surface area contributed by atoms with Gasteiger partial charge in [0.15, 0.2) is 0 Å². The Morgan fingerprint density at radius 1 is 1.56 bits per heavy atom. The number of nitrogen functional groups attached to an aromatic ring is 1. The van der Waals surface area contributed by atoms with Gasteiger partial charge in [-0.1, -0.05) is 0 Å². The Morgan fingerprint density at radius 3 is 2.88 bits per heavy atom. The van der Waals surface area contributed by atoms with E-state index in [0.717, 1.165) is 29.2 Å². The monoisotopic (exact) mass is 236 g/mol. The van der Waals surface area contributed by atoms with Crippen LogP contribution in [0, 0.1) is 12.8 Å². The SMILES string of the molecule is Cc1cc(N)ccc1N1CC(CS)CC1=O. The smallest absolute Gasteiger partial charge is 0.227 e. The normalized spacial score (nSPS) is 20.5. The molecule has 0 spiro atoms. The first-order valence-corrected chi connectivity index (χ1v) is 6.02. The lowest BCUT2D eigenvalue weighted by Crippen LogP contribution is -2.25. The molecular formula is C12H16N2OS. The van der Waals surface area contributed by atoms with Crippen molar-refractivity contribution in [1.82, 2.24) is 0 Å². The van der Waals surface area contributed by atoms with Gasteiger partial charge >= 0.3 is 0 Å². The number of benzene rings is 1. The van der Waals surface area contributed by atoms with Crippen molar-refractivity contribution in [2.24, 2.45) is 5.92 Å². The molecule has 1 amide bonds. The average Bonchev–Trinajstić information content (AvgIpc) is 2.60. The highest BCUT2D eigenvalue weighted by Crippen LogP contribution is 2.29. The first-order valence-electron chi connectivity index (χ1n) is 5.39. The van der Waals surface area contributed by atoms with E-state index < -0.39 is 0 Å². The van der Waals surface area contributed by atoms with Crippen LogP contribution < -0.4 is 10.6 Å². The zero-order valence-corrected chi connectivity index (χ0v) is 10.2. The summed E-state index contributed by atoms with van der Waals surface area (Å²) >= 11 is 4.25. The number of hydrogen-bond acceptors (Lipinski definition) is 3. The molecule has 1 aliphatic heterocycles. The third-order valence-electron chi connectivity index (χ3n) is 2.97. The van der Waals surface area contributed by atoms with Crippen LogP contribution in [-0.2, 0) is 4.79 Å². The maximum Gasteiger partial charge on any atom is 0.227 e. The minimum absolute atomic E-state index is 0.187. The summed E-state index contributed by atoms with van der Waals surface area (Å²) in [5, 5.41) is 0. The highest BCUT2D eigenvalue weighted by Gasteiger charge is 2.30. The molecule has 0 bridgehead atoms. The number of nitrogens with zero attached hydrogens (tertiary/aromatic N) is 1. The van der Waals surface area contributed by atoms with E-state index in [-0.39, 0.29) is 5.91 Å². The summed E-state index contributed by atoms with van der Waals surface area (Å²) in [6.07, 6.45) is 0.604. The molecule has 2 N–H and O–H groups in total. The number of anilines is 2. The van der Waals surface area contributed by atoms with Crippen LogP contribution in [0.4, 0.5) is 11.4 Å². The highest BCUT2D eigenvalue weighted by molar-refractivity contribution is 7.80. The second-order valence-electron chi connectivity index (χ2n) is 4.30. The van der Waals surface area contributed by atoms with Gasteiger partial charge in [-0.3, -0.25) is 4.79 Å². The van der Waals surface area contributed by atoms with Crippen LogP contribution >= 0.6 is 12.6 Å². The summed E-state index contributed by atoms with van der Waals surface area (Å²) in [5.41, 5.74) is 8.46. The molecule has 86 valence electrons. The molecule has 1 saturated heterocycles. The number of thiol groups is 1. The summed E-state index contributed by atoms with van der Waals surface area (Å²) in [6, 6.07) is 5.66. The Kier molecular flexibility index (Phi) is 3.10. The fourth-order valence-electron chi connectivity index (χ4n) is 2.12. The third-order valence-corrected chi connectivity index (χ3v) is 3.49. The molecule has 0 radical (unpaired) electrons. The Balaban J connectivity index is 2.28. The van der Waals surface area contributed by atoms with Crippen LogP contribution in [0.3, 0.4) is 0 Å². The summed E-state index contributed by atoms with van der Waals surface area (Å²) in [6.45, 7) is 2.75. The minimum Gasteiger partial charge on any atom is -0.399 e. The van der Waals surface area contributed by atoms with E-state index in [2.05, 4.69) is 12.6 Å². The second kappa shape index (κ2) is 4.37. The largest absolute Gasteiger partial charge is 0.399 e. The summed E-state index contributed by atoms with van der Waals surface area (Å²) in [4.78, 5) is 13.7. The quantitative estimate of drug-likeness (QED) is 0.608. The molecule has 1 aromatic rings. The molecular weight excluding hydrogens is 220 g/mol. The van der Waals surface area contributed by atoms with Gasteiger partial charge in [0, 0.05) is 24.3 Å². The molecule has 3 nitrogen and oxygen atoms in total. The Morgan fingerprint density at radius 2 is 2.31 bits per heavy atom. The van der Waals surface area contributed by atoms with Crippen molar-refractivity contribution >= 4 is 29.9 Å². The lowest BCUT2D eigenvalue weighted by molar-refractivity contribution is -0.117. The van der Waals surface area contributed by atoms with Crippen LogP contribution in [0.2, 0.25) is 0 Å². The fraction of sp³-hybridized carbons (Fsp3) is 0.417. The summed E-state index contributed by atoms with van der Waals surface area (Å²) in [5.74, 6) is 1.32. The van der Waals surface area contributed by atoms with E-state index in [4.69, 9.17) is 5.73 Å². The van der Waals surface area contributed by atoms with Crippen molar-refractivity contribution in [2.75, 3.05) is 22.9 Å². The number of hydrogen-bond donors (Lipinski definition) is 2. The highest BCUT2D eigenvalue weighted by atomic mass is 32.1. The molecule has 1 heterocycles. The number of nitrogens with two attached hydrogens (primary N) is 1. The van der Waals surface area contributed by atoms with E-state index in [1.165, 1.54) is 0 Å². The predicted octanol–water partition coefficient (Wildman–Crippen LogP) is 1.86. The second-order valence-corrected chi connectivity index (χ2v) is 4.67. The van der Waals surface area contributed by atoms with Gasteiger partial charge < -0.3 is 10.6 Å². The van der Waals surface area contributed by atoms with Gasteiger partial charge in [-0.2, -0.15) is 12.6 Å². The van der Waals surface area contributed by atoms with E-state index in [1.807, 2.05) is 30.0 Å². The molecule has 4 heteroatoms. The van der Waals surface area contributed by atoms with E-state index >= 15 is 0 Å². The van der Waals surface area contributed by atoms with Gasteiger partial charge in [0.25, 0.3) is 0 Å². The topological polar surface area (TPSA) is 46.3 Å². The first kappa shape index (κ1) is 11.3. The number of amides is 1. The van der Waals surface area contributed by atoms with E-state index in [9.17, 15) is 4.79 Å². The van der Waals surface area contributed by atoms with Crippen molar-refractivity contribution in [3.05, 3.63) is 23.8 Å². The maximum absolute atomic E-state index is 11.8. The van der Waals surface area contributed by atoms with Crippen LogP contribution in [0.5, 0.6) is 0 Å². The zero-order chi connectivity index (χ0) is 11.7. The molecule has 1 aromatic carbocycles. The number of carbonyl (C=O) groups is 1. The van der Waals surface area contributed by atoms with Crippen molar-refractivity contribution in [3.8, 4) is 0 Å². The van der Waals surface area contributed by atoms with Gasteiger partial charge in [-0.15, -0.1) is 0 Å². The molecule has 0 aliphatic carbocycles. The van der Waals surface area contributed by atoms with Crippen molar-refractivity contribution in [3.63, 3.8) is 0 Å².